The van der Waals surface area contributed by atoms with Crippen molar-refractivity contribution < 1.29 is 14.7 Å². The van der Waals surface area contributed by atoms with Crippen molar-refractivity contribution in [3.05, 3.63) is 12.7 Å². The molecule has 0 saturated carbocycles. The van der Waals surface area contributed by atoms with Gasteiger partial charge in [0.05, 0.1) is 6.54 Å². The molecule has 2 rings (SSSR count). The zero-order valence-electron chi connectivity index (χ0n) is 9.70. The summed E-state index contributed by atoms with van der Waals surface area (Å²) in [5.74, 6) is -0.0374. The number of nitrogens with one attached hydrogen (secondary N) is 1. The van der Waals surface area contributed by atoms with Crippen LogP contribution in [0.4, 0.5) is 0 Å². The first kappa shape index (κ1) is 12.9. The van der Waals surface area contributed by atoms with E-state index in [0.717, 1.165) is 5.75 Å². The van der Waals surface area contributed by atoms with Crippen LogP contribution in [0.15, 0.2) is 12.7 Å². The van der Waals surface area contributed by atoms with Gasteiger partial charge < -0.3 is 10.4 Å². The Hall–Kier alpha value is -1.57. The number of thioether (sulfide) groups is 1. The van der Waals surface area contributed by atoms with Crippen molar-refractivity contribution in [1.29, 1.82) is 0 Å². The summed E-state index contributed by atoms with van der Waals surface area (Å²) in [5.41, 5.74) is -1.09. The Bertz CT molecular complexity index is 428. The van der Waals surface area contributed by atoms with E-state index < -0.39 is 11.5 Å². The highest BCUT2D eigenvalue weighted by atomic mass is 32.2. The normalized spacial score (nSPS) is 22.9. The van der Waals surface area contributed by atoms with E-state index in [2.05, 4.69) is 15.4 Å². The fourth-order valence-corrected chi connectivity index (χ4v) is 3.10. The van der Waals surface area contributed by atoms with Gasteiger partial charge >= 0.3 is 5.97 Å². The van der Waals surface area contributed by atoms with Gasteiger partial charge in [0, 0.05) is 12.2 Å². The molecule has 2 N–H and O–H groups in total. The largest absolute Gasteiger partial charge is 0.479 e. The summed E-state index contributed by atoms with van der Waals surface area (Å²) in [6.45, 7) is 0.397. The van der Waals surface area contributed by atoms with Crippen molar-refractivity contribution in [2.75, 3.05) is 11.5 Å². The Morgan fingerprint density at radius 1 is 1.56 bits per heavy atom. The van der Waals surface area contributed by atoms with Crippen LogP contribution in [-0.4, -0.2) is 48.8 Å². The Balaban J connectivity index is 1.88. The van der Waals surface area contributed by atoms with Gasteiger partial charge in [-0.15, -0.1) is 0 Å². The van der Waals surface area contributed by atoms with Crippen LogP contribution in [0.25, 0.3) is 0 Å². The summed E-state index contributed by atoms with van der Waals surface area (Å²) in [6, 6.07) is 0. The van der Waals surface area contributed by atoms with E-state index in [1.807, 2.05) is 0 Å². The number of carbonyl (C=O) groups excluding carboxylic acids is 1. The smallest absolute Gasteiger partial charge is 0.330 e. The number of aliphatic carboxylic acids is 1. The predicted octanol–water partition coefficient (Wildman–Crippen LogP) is -0.255. The zero-order chi connectivity index (χ0) is 13.0. The van der Waals surface area contributed by atoms with E-state index in [1.165, 1.54) is 17.3 Å². The lowest BCUT2D eigenvalue weighted by molar-refractivity contribution is -0.146. The standard InChI is InChI=1S/C10H14N4O3S/c15-8(1-3-14-7-11-6-12-14)13-10(9(16)17)2-4-18-5-10/h6-7H,1-5H2,(H,13,15)(H,16,17). The molecule has 8 heteroatoms. The fourth-order valence-electron chi connectivity index (χ4n) is 1.78. The third-order valence-electron chi connectivity index (χ3n) is 2.84. The van der Waals surface area contributed by atoms with Gasteiger partial charge in [-0.2, -0.15) is 16.9 Å². The fraction of sp³-hybridized carbons (Fsp3) is 0.600. The monoisotopic (exact) mass is 270 g/mol. The molecule has 0 aliphatic carbocycles. The Labute approximate surface area is 108 Å². The lowest BCUT2D eigenvalue weighted by Gasteiger charge is -2.24. The van der Waals surface area contributed by atoms with Crippen LogP contribution in [0.2, 0.25) is 0 Å². The molecule has 0 aromatic carbocycles. The van der Waals surface area contributed by atoms with Crippen molar-refractivity contribution in [1.82, 2.24) is 20.1 Å². The van der Waals surface area contributed by atoms with E-state index in [1.54, 1.807) is 11.8 Å². The van der Waals surface area contributed by atoms with Gasteiger partial charge in [0.1, 0.15) is 18.2 Å². The summed E-state index contributed by atoms with van der Waals surface area (Å²) in [7, 11) is 0. The zero-order valence-corrected chi connectivity index (χ0v) is 10.5. The third-order valence-corrected chi connectivity index (χ3v) is 4.03. The van der Waals surface area contributed by atoms with Crippen molar-refractivity contribution >= 4 is 23.6 Å². The number of nitrogens with zero attached hydrogens (tertiary/aromatic N) is 3. The third kappa shape index (κ3) is 2.81. The van der Waals surface area contributed by atoms with E-state index in [4.69, 9.17) is 0 Å². The highest BCUT2D eigenvalue weighted by molar-refractivity contribution is 7.99. The summed E-state index contributed by atoms with van der Waals surface area (Å²) in [4.78, 5) is 26.8. The number of aryl methyl sites for hydroxylation is 1. The van der Waals surface area contributed by atoms with E-state index in [-0.39, 0.29) is 12.3 Å². The molecule has 1 amide bonds. The molecule has 18 heavy (non-hydrogen) atoms. The maximum Gasteiger partial charge on any atom is 0.330 e. The molecule has 1 aromatic rings. The Kier molecular flexibility index (Phi) is 3.85. The quantitative estimate of drug-likeness (QED) is 0.765. The molecule has 1 unspecified atom stereocenters. The second-order valence-electron chi connectivity index (χ2n) is 4.15. The second kappa shape index (κ2) is 5.38. The molecule has 1 atom stereocenters. The Morgan fingerprint density at radius 2 is 2.39 bits per heavy atom. The highest BCUT2D eigenvalue weighted by Crippen LogP contribution is 2.28. The molecule has 0 spiro atoms. The van der Waals surface area contributed by atoms with Crippen LogP contribution in [0.3, 0.4) is 0 Å². The highest BCUT2D eigenvalue weighted by Gasteiger charge is 2.43. The molecule has 1 aliphatic heterocycles. The topological polar surface area (TPSA) is 97.1 Å². The van der Waals surface area contributed by atoms with E-state index >= 15 is 0 Å². The van der Waals surface area contributed by atoms with Crippen LogP contribution in [0, 0.1) is 0 Å². The first-order valence-electron chi connectivity index (χ1n) is 5.57. The molecule has 7 nitrogen and oxygen atoms in total. The van der Waals surface area contributed by atoms with Gasteiger partial charge in [0.25, 0.3) is 0 Å². The lowest BCUT2D eigenvalue weighted by atomic mass is 9.99. The number of aromatic nitrogens is 3. The van der Waals surface area contributed by atoms with Crippen LogP contribution in [-0.2, 0) is 16.1 Å². The van der Waals surface area contributed by atoms with E-state index in [0.29, 0.717) is 18.7 Å². The van der Waals surface area contributed by atoms with Gasteiger partial charge in [-0.3, -0.25) is 9.48 Å². The van der Waals surface area contributed by atoms with Gasteiger partial charge in [-0.25, -0.2) is 9.78 Å². The number of amides is 1. The van der Waals surface area contributed by atoms with Crippen molar-refractivity contribution in [2.45, 2.75) is 24.9 Å². The molecule has 98 valence electrons. The number of carbonyl (C=O) groups is 2. The predicted molar refractivity (Wildman–Crippen MR) is 65.1 cm³/mol. The summed E-state index contributed by atoms with van der Waals surface area (Å²) < 4.78 is 1.54. The summed E-state index contributed by atoms with van der Waals surface area (Å²) >= 11 is 1.54. The molecule has 0 radical (unpaired) electrons. The number of carboxylic acid groups (broad SMARTS) is 1. The van der Waals surface area contributed by atoms with E-state index in [9.17, 15) is 14.7 Å². The average molecular weight is 270 g/mol. The summed E-state index contributed by atoms with van der Waals surface area (Å²) in [6.07, 6.45) is 3.58. The van der Waals surface area contributed by atoms with Gasteiger partial charge in [0.15, 0.2) is 0 Å². The van der Waals surface area contributed by atoms with Crippen LogP contribution < -0.4 is 5.32 Å². The molecule has 2 heterocycles. The van der Waals surface area contributed by atoms with Gasteiger partial charge in [-0.05, 0) is 12.2 Å². The lowest BCUT2D eigenvalue weighted by Crippen LogP contribution is -2.54. The minimum absolute atomic E-state index is 0.197. The van der Waals surface area contributed by atoms with Crippen LogP contribution in [0.1, 0.15) is 12.8 Å². The molecule has 1 aliphatic rings. The van der Waals surface area contributed by atoms with Crippen LogP contribution in [0.5, 0.6) is 0 Å². The molecule has 1 saturated heterocycles. The molecule has 1 fully saturated rings. The van der Waals surface area contributed by atoms with Crippen molar-refractivity contribution in [3.63, 3.8) is 0 Å². The molecule has 1 aromatic heterocycles. The summed E-state index contributed by atoms with van der Waals surface area (Å²) in [5, 5.41) is 15.7. The first-order valence-corrected chi connectivity index (χ1v) is 6.72. The Morgan fingerprint density at radius 3 is 2.94 bits per heavy atom. The minimum Gasteiger partial charge on any atom is -0.479 e. The number of rotatable bonds is 5. The number of hydrogen-bond acceptors (Lipinski definition) is 5. The number of hydrogen-bond donors (Lipinski definition) is 2. The minimum atomic E-state index is -1.09. The first-order chi connectivity index (χ1) is 8.62. The SMILES string of the molecule is O=C(CCn1cncn1)NC1(C(=O)O)CCSC1. The van der Waals surface area contributed by atoms with Gasteiger partial charge in [0.2, 0.25) is 5.91 Å². The molecular weight excluding hydrogens is 256 g/mol. The average Bonchev–Trinajstić information content (AvgIpc) is 2.97. The van der Waals surface area contributed by atoms with Crippen molar-refractivity contribution in [2.24, 2.45) is 0 Å². The maximum atomic E-state index is 11.8. The number of carboxylic acids is 1. The molecular formula is C10H14N4O3S. The van der Waals surface area contributed by atoms with Crippen LogP contribution >= 0.6 is 11.8 Å². The molecule has 0 bridgehead atoms. The van der Waals surface area contributed by atoms with Crippen molar-refractivity contribution in [3.8, 4) is 0 Å². The maximum absolute atomic E-state index is 11.8. The second-order valence-corrected chi connectivity index (χ2v) is 5.25. The van der Waals surface area contributed by atoms with Gasteiger partial charge in [-0.1, -0.05) is 0 Å².